The zero-order valence-corrected chi connectivity index (χ0v) is 8.78. The van der Waals surface area contributed by atoms with E-state index >= 15 is 0 Å². The summed E-state index contributed by atoms with van der Waals surface area (Å²) in [5.74, 6) is 0. The molecule has 0 radical (unpaired) electrons. The summed E-state index contributed by atoms with van der Waals surface area (Å²) in [7, 11) is 1.91. The van der Waals surface area contributed by atoms with Crippen molar-refractivity contribution in [1.29, 1.82) is 0 Å². The Morgan fingerprint density at radius 1 is 1.54 bits per heavy atom. The van der Waals surface area contributed by atoms with Gasteiger partial charge < -0.3 is 10.6 Å². The fraction of sp³-hybridized carbons (Fsp3) is 0.556. The Kier molecular flexibility index (Phi) is 3.03. The summed E-state index contributed by atoms with van der Waals surface area (Å²) in [4.78, 5) is 13.0. The van der Waals surface area contributed by atoms with Crippen molar-refractivity contribution in [3.63, 3.8) is 0 Å². The molecule has 0 aromatic heterocycles. The molecule has 0 aliphatic carbocycles. The van der Waals surface area contributed by atoms with Crippen LogP contribution >= 0.6 is 12.2 Å². The van der Waals surface area contributed by atoms with Crippen LogP contribution in [0.25, 0.3) is 0 Å². The molecule has 0 unspecified atom stereocenters. The fourth-order valence-electron chi connectivity index (χ4n) is 1.28. The molecule has 3 nitrogen and oxygen atoms in total. The summed E-state index contributed by atoms with van der Waals surface area (Å²) in [6.07, 6.45) is 2.21. The predicted octanol–water partition coefficient (Wildman–Crippen LogP) is 1.47. The summed E-state index contributed by atoms with van der Waals surface area (Å²) in [5, 5.41) is 0. The van der Waals surface area contributed by atoms with E-state index in [9.17, 15) is 4.79 Å². The standard InChI is InChI=1S/C9H14N2OS/c1-3-4-5-11(2)7-6(10)8(12)9(7)13/h3-5,10H2,1-2H3. The van der Waals surface area contributed by atoms with Gasteiger partial charge in [-0.15, -0.1) is 0 Å². The predicted molar refractivity (Wildman–Crippen MR) is 58.5 cm³/mol. The van der Waals surface area contributed by atoms with E-state index in [4.69, 9.17) is 18.0 Å². The molecular formula is C9H14N2OS. The van der Waals surface area contributed by atoms with Gasteiger partial charge in [0.2, 0.25) is 5.43 Å². The van der Waals surface area contributed by atoms with Gasteiger partial charge >= 0.3 is 0 Å². The number of anilines is 2. The SMILES string of the molecule is CCCCN(C)c1c(N)c(=O)c1=S. The number of nitrogen functional groups attached to an aromatic ring is 1. The highest BCUT2D eigenvalue weighted by atomic mass is 32.1. The van der Waals surface area contributed by atoms with Crippen LogP contribution in [0, 0.1) is 4.51 Å². The van der Waals surface area contributed by atoms with Crippen LogP contribution in [0.1, 0.15) is 19.8 Å². The lowest BCUT2D eigenvalue weighted by Gasteiger charge is -2.22. The molecule has 0 atom stereocenters. The number of nitrogens with two attached hydrogens (primary N) is 1. The first-order valence-electron chi connectivity index (χ1n) is 4.39. The average Bonchev–Trinajstić information content (AvgIpc) is 2.14. The molecule has 0 aliphatic rings. The molecule has 13 heavy (non-hydrogen) atoms. The Labute approximate surface area is 82.9 Å². The number of hydrogen-bond donors (Lipinski definition) is 1. The van der Waals surface area contributed by atoms with Gasteiger partial charge in [-0.25, -0.2) is 0 Å². The summed E-state index contributed by atoms with van der Waals surface area (Å²) < 4.78 is 0.385. The van der Waals surface area contributed by atoms with Gasteiger partial charge in [0.15, 0.2) is 0 Å². The maximum absolute atomic E-state index is 11.0. The second kappa shape index (κ2) is 3.87. The second-order valence-electron chi connectivity index (χ2n) is 3.20. The highest BCUT2D eigenvalue weighted by molar-refractivity contribution is 7.71. The lowest BCUT2D eigenvalue weighted by molar-refractivity contribution is 0.765. The van der Waals surface area contributed by atoms with Crippen molar-refractivity contribution in [3.05, 3.63) is 14.7 Å². The molecule has 4 heteroatoms. The molecular weight excluding hydrogens is 184 g/mol. The maximum Gasteiger partial charge on any atom is 0.223 e. The topological polar surface area (TPSA) is 46.3 Å². The number of hydrogen-bond acceptors (Lipinski definition) is 4. The Bertz CT molecular complexity index is 365. The summed E-state index contributed by atoms with van der Waals surface area (Å²) in [6.45, 7) is 3.02. The fourth-order valence-corrected chi connectivity index (χ4v) is 1.66. The Morgan fingerprint density at radius 3 is 2.62 bits per heavy atom. The number of unbranched alkanes of at least 4 members (excludes halogenated alkanes) is 1. The Morgan fingerprint density at radius 2 is 2.15 bits per heavy atom. The zero-order valence-electron chi connectivity index (χ0n) is 7.96. The molecule has 0 saturated heterocycles. The molecule has 0 heterocycles. The van der Waals surface area contributed by atoms with Crippen molar-refractivity contribution >= 4 is 23.6 Å². The van der Waals surface area contributed by atoms with E-state index in [0.717, 1.165) is 25.1 Å². The van der Waals surface area contributed by atoms with Gasteiger partial charge in [0, 0.05) is 13.6 Å². The molecule has 0 bridgehead atoms. The highest BCUT2D eigenvalue weighted by Crippen LogP contribution is 2.23. The van der Waals surface area contributed by atoms with E-state index < -0.39 is 0 Å². The van der Waals surface area contributed by atoms with Crippen molar-refractivity contribution in [2.45, 2.75) is 19.8 Å². The molecule has 0 fully saturated rings. The van der Waals surface area contributed by atoms with Gasteiger partial charge in [-0.3, -0.25) is 4.79 Å². The van der Waals surface area contributed by atoms with E-state index in [1.807, 2.05) is 11.9 Å². The minimum Gasteiger partial charge on any atom is -0.394 e. The van der Waals surface area contributed by atoms with Crippen LogP contribution in [0.15, 0.2) is 4.79 Å². The number of rotatable bonds is 4. The van der Waals surface area contributed by atoms with Crippen molar-refractivity contribution < 1.29 is 0 Å². The normalized spacial score (nSPS) is 10.6. The summed E-state index contributed by atoms with van der Waals surface area (Å²) in [5.41, 5.74) is 6.44. The van der Waals surface area contributed by atoms with Crippen molar-refractivity contribution in [2.75, 3.05) is 24.2 Å². The molecule has 72 valence electrons. The van der Waals surface area contributed by atoms with Gasteiger partial charge in [0.05, 0.1) is 5.69 Å². The third kappa shape index (κ3) is 1.72. The van der Waals surface area contributed by atoms with Crippen LogP contribution < -0.4 is 16.1 Å². The monoisotopic (exact) mass is 198 g/mol. The van der Waals surface area contributed by atoms with Gasteiger partial charge in [0.1, 0.15) is 10.2 Å². The van der Waals surface area contributed by atoms with Crippen LogP contribution in [0.3, 0.4) is 0 Å². The van der Waals surface area contributed by atoms with Crippen molar-refractivity contribution in [2.24, 2.45) is 0 Å². The smallest absolute Gasteiger partial charge is 0.223 e. The first kappa shape index (κ1) is 10.2. The van der Waals surface area contributed by atoms with E-state index in [1.54, 1.807) is 0 Å². The van der Waals surface area contributed by atoms with E-state index in [-0.39, 0.29) is 5.43 Å². The molecule has 0 amide bonds. The maximum atomic E-state index is 11.0. The first-order valence-corrected chi connectivity index (χ1v) is 4.80. The minimum atomic E-state index is -0.173. The van der Waals surface area contributed by atoms with E-state index in [1.165, 1.54) is 0 Å². The lowest BCUT2D eigenvalue weighted by Crippen LogP contribution is -2.28. The third-order valence-electron chi connectivity index (χ3n) is 2.15. The van der Waals surface area contributed by atoms with Crippen LogP contribution in [0.5, 0.6) is 0 Å². The molecule has 0 spiro atoms. The minimum absolute atomic E-state index is 0.173. The zero-order chi connectivity index (χ0) is 10.0. The van der Waals surface area contributed by atoms with Crippen LogP contribution in [-0.4, -0.2) is 13.6 Å². The highest BCUT2D eigenvalue weighted by Gasteiger charge is 2.17. The Balaban J connectivity index is 2.74. The largest absolute Gasteiger partial charge is 0.394 e. The molecule has 2 N–H and O–H groups in total. The molecule has 0 aliphatic heterocycles. The second-order valence-corrected chi connectivity index (χ2v) is 3.60. The lowest BCUT2D eigenvalue weighted by atomic mass is 10.2. The van der Waals surface area contributed by atoms with Gasteiger partial charge in [-0.05, 0) is 6.42 Å². The quantitative estimate of drug-likeness (QED) is 0.744. The van der Waals surface area contributed by atoms with Gasteiger partial charge in [-0.1, -0.05) is 25.6 Å². The van der Waals surface area contributed by atoms with Crippen LogP contribution in [0.2, 0.25) is 0 Å². The molecule has 1 rings (SSSR count). The Hall–Kier alpha value is -0.900. The average molecular weight is 198 g/mol. The van der Waals surface area contributed by atoms with E-state index in [2.05, 4.69) is 6.92 Å². The van der Waals surface area contributed by atoms with E-state index in [0.29, 0.717) is 10.2 Å². The first-order chi connectivity index (χ1) is 6.09. The summed E-state index contributed by atoms with van der Waals surface area (Å²) >= 11 is 4.90. The third-order valence-corrected chi connectivity index (χ3v) is 2.53. The van der Waals surface area contributed by atoms with Crippen molar-refractivity contribution in [3.8, 4) is 0 Å². The molecule has 1 aromatic rings. The molecule has 1 aromatic carbocycles. The van der Waals surface area contributed by atoms with Crippen LogP contribution in [-0.2, 0) is 0 Å². The van der Waals surface area contributed by atoms with Crippen molar-refractivity contribution in [1.82, 2.24) is 0 Å². The van der Waals surface area contributed by atoms with Gasteiger partial charge in [-0.2, -0.15) is 0 Å². The molecule has 0 saturated carbocycles. The van der Waals surface area contributed by atoms with Gasteiger partial charge in [0.25, 0.3) is 0 Å². The summed E-state index contributed by atoms with van der Waals surface area (Å²) in [6, 6.07) is 0. The number of nitrogens with zero attached hydrogens (tertiary/aromatic N) is 1. The van der Waals surface area contributed by atoms with Crippen LogP contribution in [0.4, 0.5) is 11.4 Å².